The number of hydrogen-bond donors (Lipinski definition) is 1. The first-order valence-corrected chi connectivity index (χ1v) is 7.14. The molecule has 0 bridgehead atoms. The third-order valence-electron chi connectivity index (χ3n) is 2.60. The zero-order chi connectivity index (χ0) is 12.8. The summed E-state index contributed by atoms with van der Waals surface area (Å²) in [6, 6.07) is 0.337. The van der Waals surface area contributed by atoms with Gasteiger partial charge in [0.25, 0.3) is 0 Å². The van der Waals surface area contributed by atoms with Crippen molar-refractivity contribution in [2.24, 2.45) is 0 Å². The average molecular weight is 261 g/mol. The van der Waals surface area contributed by atoms with Crippen molar-refractivity contribution in [3.05, 3.63) is 0 Å². The number of hydrogen-bond acceptors (Lipinski definition) is 4. The van der Waals surface area contributed by atoms with Crippen molar-refractivity contribution < 1.29 is 18.5 Å². The van der Waals surface area contributed by atoms with Crippen LogP contribution in [-0.4, -0.2) is 40.2 Å². The fraction of sp³-hybridized carbons (Fsp3) is 0.818. The molecule has 0 aromatic carbocycles. The molecular weight excluding hydrogens is 242 g/mol. The maximum atomic E-state index is 11.7. The molecule has 0 aromatic heterocycles. The molecule has 0 radical (unpaired) electrons. The predicted octanol–water partition coefficient (Wildman–Crippen LogP) is 0.355. The topological polar surface area (TPSA) is 72.5 Å². The quantitative estimate of drug-likeness (QED) is 0.671. The maximum Gasteiger partial charge on any atom is 0.306 e. The highest BCUT2D eigenvalue weighted by Crippen LogP contribution is 2.18. The zero-order valence-electron chi connectivity index (χ0n) is 10.2. The van der Waals surface area contributed by atoms with E-state index in [-0.39, 0.29) is 30.0 Å². The van der Waals surface area contributed by atoms with E-state index in [9.17, 15) is 13.8 Å². The van der Waals surface area contributed by atoms with Crippen LogP contribution in [0, 0.1) is 0 Å². The molecular formula is C11H19NO4S. The zero-order valence-corrected chi connectivity index (χ0v) is 11.0. The number of carbonyl (C=O) groups is 2. The lowest BCUT2D eigenvalue weighted by Crippen LogP contribution is -2.28. The van der Waals surface area contributed by atoms with Gasteiger partial charge < -0.3 is 10.1 Å². The number of carbonyl (C=O) groups excluding carboxylic acids is 2. The van der Waals surface area contributed by atoms with Gasteiger partial charge in [0.1, 0.15) is 0 Å². The second kappa shape index (κ2) is 6.74. The Kier molecular flexibility index (Phi) is 5.61. The molecule has 17 heavy (non-hydrogen) atoms. The molecule has 0 saturated heterocycles. The van der Waals surface area contributed by atoms with Crippen molar-refractivity contribution >= 4 is 22.7 Å². The highest BCUT2D eigenvalue weighted by molar-refractivity contribution is 7.85. The van der Waals surface area contributed by atoms with Crippen LogP contribution >= 0.6 is 0 Å². The SMILES string of the molecule is COC(=O)CC(C)S(=O)CCC(=O)NC1CC1. The van der Waals surface area contributed by atoms with E-state index in [1.807, 2.05) is 0 Å². The van der Waals surface area contributed by atoms with Gasteiger partial charge in [0.05, 0.1) is 13.5 Å². The van der Waals surface area contributed by atoms with Gasteiger partial charge in [0.2, 0.25) is 5.91 Å². The predicted molar refractivity (Wildman–Crippen MR) is 64.9 cm³/mol. The number of methoxy groups -OCH3 is 1. The minimum absolute atomic E-state index is 0.0499. The van der Waals surface area contributed by atoms with Gasteiger partial charge in [-0.25, -0.2) is 0 Å². The van der Waals surface area contributed by atoms with E-state index >= 15 is 0 Å². The molecule has 1 aliphatic rings. The van der Waals surface area contributed by atoms with Crippen molar-refractivity contribution in [1.29, 1.82) is 0 Å². The van der Waals surface area contributed by atoms with Crippen molar-refractivity contribution in [1.82, 2.24) is 5.32 Å². The Morgan fingerprint density at radius 2 is 2.12 bits per heavy atom. The van der Waals surface area contributed by atoms with Gasteiger partial charge in [0, 0.05) is 34.3 Å². The third kappa shape index (κ3) is 5.81. The van der Waals surface area contributed by atoms with E-state index in [1.54, 1.807) is 6.92 Å². The molecule has 1 fully saturated rings. The van der Waals surface area contributed by atoms with Crippen LogP contribution in [0.25, 0.3) is 0 Å². The standard InChI is InChI=1S/C11H19NO4S/c1-8(7-11(14)16-2)17(15)6-5-10(13)12-9-3-4-9/h8-9H,3-7H2,1-2H3,(H,12,13). The lowest BCUT2D eigenvalue weighted by atomic mass is 10.3. The number of amides is 1. The second-order valence-electron chi connectivity index (χ2n) is 4.27. The highest BCUT2D eigenvalue weighted by atomic mass is 32.2. The molecule has 2 atom stereocenters. The van der Waals surface area contributed by atoms with Crippen molar-refractivity contribution in [2.75, 3.05) is 12.9 Å². The molecule has 0 heterocycles. The van der Waals surface area contributed by atoms with Crippen molar-refractivity contribution in [3.8, 4) is 0 Å². The number of esters is 1. The fourth-order valence-electron chi connectivity index (χ4n) is 1.33. The summed E-state index contributed by atoms with van der Waals surface area (Å²) < 4.78 is 16.2. The van der Waals surface area contributed by atoms with Gasteiger partial charge in [-0.3, -0.25) is 13.8 Å². The molecule has 1 rings (SSSR count). The largest absolute Gasteiger partial charge is 0.469 e. The highest BCUT2D eigenvalue weighted by Gasteiger charge is 2.23. The summed E-state index contributed by atoms with van der Waals surface area (Å²) in [7, 11) is 0.143. The monoisotopic (exact) mass is 261 g/mol. The van der Waals surface area contributed by atoms with E-state index in [1.165, 1.54) is 7.11 Å². The Balaban J connectivity index is 2.18. The summed E-state index contributed by atoms with van der Waals surface area (Å²) in [5, 5.41) is 2.57. The molecule has 0 aliphatic heterocycles. The van der Waals surface area contributed by atoms with Crippen LogP contribution in [0.4, 0.5) is 0 Å². The first kappa shape index (κ1) is 14.2. The van der Waals surface area contributed by atoms with Crippen LogP contribution in [0.5, 0.6) is 0 Å². The van der Waals surface area contributed by atoms with Crippen LogP contribution in [-0.2, 0) is 25.1 Å². The molecule has 6 heteroatoms. The molecule has 1 saturated carbocycles. The average Bonchev–Trinajstić information content (AvgIpc) is 3.09. The molecule has 98 valence electrons. The summed E-state index contributed by atoms with van der Waals surface area (Å²) in [4.78, 5) is 22.3. The molecule has 5 nitrogen and oxygen atoms in total. The summed E-state index contributed by atoms with van der Waals surface area (Å²) >= 11 is 0. The molecule has 0 aromatic rings. The summed E-state index contributed by atoms with van der Waals surface area (Å²) in [5.41, 5.74) is 0. The Labute approximate surface area is 104 Å². The van der Waals surface area contributed by atoms with Crippen molar-refractivity contribution in [3.63, 3.8) is 0 Å². The first-order valence-electron chi connectivity index (χ1n) is 5.76. The summed E-state index contributed by atoms with van der Waals surface area (Å²) in [5.74, 6) is -0.115. The Bertz CT molecular complexity index is 315. The third-order valence-corrected chi connectivity index (χ3v) is 4.27. The first-order chi connectivity index (χ1) is 8.02. The fourth-order valence-corrected chi connectivity index (χ4v) is 2.44. The van der Waals surface area contributed by atoms with E-state index in [0.717, 1.165) is 12.8 Å². The van der Waals surface area contributed by atoms with Crippen LogP contribution in [0.2, 0.25) is 0 Å². The summed E-state index contributed by atoms with van der Waals surface area (Å²) in [6.07, 6.45) is 2.49. The van der Waals surface area contributed by atoms with Gasteiger partial charge in [-0.1, -0.05) is 6.92 Å². The van der Waals surface area contributed by atoms with Crippen LogP contribution < -0.4 is 5.32 Å². The lowest BCUT2D eigenvalue weighted by Gasteiger charge is -2.09. The maximum absolute atomic E-state index is 11.7. The Morgan fingerprint density at radius 3 is 2.65 bits per heavy atom. The van der Waals surface area contributed by atoms with Gasteiger partial charge in [-0.2, -0.15) is 0 Å². The number of nitrogens with one attached hydrogen (secondary N) is 1. The molecule has 1 amide bonds. The van der Waals surface area contributed by atoms with Crippen molar-refractivity contribution in [2.45, 2.75) is 43.9 Å². The van der Waals surface area contributed by atoms with E-state index in [0.29, 0.717) is 11.8 Å². The minimum Gasteiger partial charge on any atom is -0.469 e. The Hall–Kier alpha value is -0.910. The molecule has 1 aliphatic carbocycles. The summed E-state index contributed by atoms with van der Waals surface area (Å²) in [6.45, 7) is 1.73. The van der Waals surface area contributed by atoms with Crippen LogP contribution in [0.1, 0.15) is 32.6 Å². The molecule has 0 spiro atoms. The van der Waals surface area contributed by atoms with Gasteiger partial charge in [-0.05, 0) is 12.8 Å². The smallest absolute Gasteiger partial charge is 0.306 e. The number of rotatable bonds is 7. The van der Waals surface area contributed by atoms with E-state index < -0.39 is 10.8 Å². The number of ether oxygens (including phenoxy) is 1. The lowest BCUT2D eigenvalue weighted by molar-refractivity contribution is -0.140. The van der Waals surface area contributed by atoms with E-state index in [4.69, 9.17) is 0 Å². The molecule has 1 N–H and O–H groups in total. The minimum atomic E-state index is -1.16. The molecule has 2 unspecified atom stereocenters. The second-order valence-corrected chi connectivity index (χ2v) is 6.24. The van der Waals surface area contributed by atoms with Crippen LogP contribution in [0.15, 0.2) is 0 Å². The normalized spacial score (nSPS) is 18.2. The Morgan fingerprint density at radius 1 is 1.47 bits per heavy atom. The van der Waals surface area contributed by atoms with Gasteiger partial charge >= 0.3 is 5.97 Å². The van der Waals surface area contributed by atoms with Gasteiger partial charge in [-0.15, -0.1) is 0 Å². The van der Waals surface area contributed by atoms with Gasteiger partial charge in [0.15, 0.2) is 0 Å². The van der Waals surface area contributed by atoms with E-state index in [2.05, 4.69) is 10.1 Å². The van der Waals surface area contributed by atoms with Crippen LogP contribution in [0.3, 0.4) is 0 Å².